The number of aromatic nitrogens is 2. The van der Waals surface area contributed by atoms with Crippen molar-refractivity contribution in [3.8, 4) is 6.01 Å². The third-order valence-corrected chi connectivity index (χ3v) is 1.44. The maximum atomic E-state index is 11.7. The van der Waals surface area contributed by atoms with E-state index in [4.69, 9.17) is 0 Å². The van der Waals surface area contributed by atoms with Gasteiger partial charge in [-0.3, -0.25) is 10.1 Å². The van der Waals surface area contributed by atoms with Gasteiger partial charge in [0.1, 0.15) is 19.0 Å². The quantitative estimate of drug-likeness (QED) is 0.588. The number of nitrogens with zero attached hydrogens (tertiary/aromatic N) is 3. The van der Waals surface area contributed by atoms with Crippen LogP contribution in [0.15, 0.2) is 12.4 Å². The maximum Gasteiger partial charge on any atom is 0.392 e. The third kappa shape index (κ3) is 4.07. The monoisotopic (exact) mass is 237 g/mol. The Balaban J connectivity index is 2.47. The first-order valence-electron chi connectivity index (χ1n) is 4.04. The molecule has 0 saturated carbocycles. The first-order chi connectivity index (χ1) is 7.38. The molecule has 1 heterocycles. The van der Waals surface area contributed by atoms with Gasteiger partial charge in [0, 0.05) is 0 Å². The number of rotatable bonds is 4. The topological polar surface area (TPSA) is 78.2 Å². The van der Waals surface area contributed by atoms with Crippen LogP contribution in [0.1, 0.15) is 6.42 Å². The van der Waals surface area contributed by atoms with E-state index in [0.717, 1.165) is 12.4 Å². The molecule has 0 aliphatic heterocycles. The maximum absolute atomic E-state index is 11.7. The van der Waals surface area contributed by atoms with Gasteiger partial charge in [-0.2, -0.15) is 23.1 Å². The summed E-state index contributed by atoms with van der Waals surface area (Å²) in [6.45, 7) is -0.624. The van der Waals surface area contributed by atoms with E-state index in [9.17, 15) is 23.3 Å². The number of ether oxygens (including phenoxy) is 1. The zero-order valence-corrected chi connectivity index (χ0v) is 7.77. The van der Waals surface area contributed by atoms with Crippen molar-refractivity contribution < 1.29 is 22.8 Å². The molecule has 0 fully saturated rings. The molecule has 6 nitrogen and oxygen atoms in total. The Labute approximate surface area is 87.2 Å². The highest BCUT2D eigenvalue weighted by molar-refractivity contribution is 5.21. The fourth-order valence-electron chi connectivity index (χ4n) is 0.736. The second-order valence-electron chi connectivity index (χ2n) is 2.69. The van der Waals surface area contributed by atoms with Crippen LogP contribution in [0.5, 0.6) is 6.01 Å². The highest BCUT2D eigenvalue weighted by Crippen LogP contribution is 2.19. The zero-order chi connectivity index (χ0) is 12.2. The minimum absolute atomic E-state index is 0.324. The molecule has 0 atom stereocenters. The lowest BCUT2D eigenvalue weighted by atomic mass is 10.4. The molecule has 9 heteroatoms. The number of hydrogen-bond donors (Lipinski definition) is 0. The molecule has 0 aromatic carbocycles. The van der Waals surface area contributed by atoms with Crippen LogP contribution in [-0.2, 0) is 0 Å². The van der Waals surface area contributed by atoms with Gasteiger partial charge in [0.25, 0.3) is 0 Å². The van der Waals surface area contributed by atoms with Crippen LogP contribution >= 0.6 is 0 Å². The summed E-state index contributed by atoms with van der Waals surface area (Å²) in [4.78, 5) is 16.2. The Hall–Kier alpha value is -1.93. The van der Waals surface area contributed by atoms with Crippen LogP contribution in [0.25, 0.3) is 0 Å². The predicted octanol–water partition coefficient (Wildman–Crippen LogP) is 1.72. The third-order valence-electron chi connectivity index (χ3n) is 1.44. The molecule has 0 saturated heterocycles. The van der Waals surface area contributed by atoms with Gasteiger partial charge in [0.05, 0.1) is 11.3 Å². The van der Waals surface area contributed by atoms with Crippen molar-refractivity contribution >= 4 is 5.69 Å². The second kappa shape index (κ2) is 4.73. The molecule has 1 aromatic rings. The van der Waals surface area contributed by atoms with Crippen molar-refractivity contribution in [3.63, 3.8) is 0 Å². The van der Waals surface area contributed by atoms with E-state index in [1.165, 1.54) is 0 Å². The van der Waals surface area contributed by atoms with Crippen LogP contribution in [0.3, 0.4) is 0 Å². The van der Waals surface area contributed by atoms with Crippen LogP contribution in [0.4, 0.5) is 18.9 Å². The van der Waals surface area contributed by atoms with Gasteiger partial charge in [0.15, 0.2) is 0 Å². The van der Waals surface area contributed by atoms with Crippen molar-refractivity contribution in [2.45, 2.75) is 12.6 Å². The largest absolute Gasteiger partial charge is 0.463 e. The van der Waals surface area contributed by atoms with Gasteiger partial charge >= 0.3 is 17.9 Å². The second-order valence-corrected chi connectivity index (χ2v) is 2.69. The fourth-order valence-corrected chi connectivity index (χ4v) is 0.736. The summed E-state index contributed by atoms with van der Waals surface area (Å²) in [5.74, 6) is 0. The SMILES string of the molecule is O=[N+]([O-])c1cnc(OCCC(F)(F)F)nc1. The van der Waals surface area contributed by atoms with Crippen LogP contribution in [-0.4, -0.2) is 27.7 Å². The van der Waals surface area contributed by atoms with Crippen molar-refractivity contribution in [1.29, 1.82) is 0 Å². The van der Waals surface area contributed by atoms with Gasteiger partial charge in [-0.05, 0) is 0 Å². The Morgan fingerprint density at radius 2 is 1.94 bits per heavy atom. The van der Waals surface area contributed by atoms with E-state index < -0.39 is 24.1 Å². The van der Waals surface area contributed by atoms with E-state index in [1.54, 1.807) is 0 Å². The summed E-state index contributed by atoms with van der Waals surface area (Å²) < 4.78 is 39.7. The van der Waals surface area contributed by atoms with Gasteiger partial charge in [-0.15, -0.1) is 0 Å². The van der Waals surface area contributed by atoms with Crippen LogP contribution in [0.2, 0.25) is 0 Å². The molecular weight excluding hydrogens is 231 g/mol. The molecule has 0 N–H and O–H groups in total. The van der Waals surface area contributed by atoms with Gasteiger partial charge in [-0.1, -0.05) is 0 Å². The van der Waals surface area contributed by atoms with E-state index in [1.807, 2.05) is 0 Å². The molecule has 1 rings (SSSR count). The summed E-state index contributed by atoms with van der Waals surface area (Å²) in [6.07, 6.45) is -3.74. The molecule has 0 bridgehead atoms. The summed E-state index contributed by atoms with van der Waals surface area (Å²) in [5.41, 5.74) is -0.358. The number of halogens is 3. The van der Waals surface area contributed by atoms with E-state index in [2.05, 4.69) is 14.7 Å². The Morgan fingerprint density at radius 3 is 2.38 bits per heavy atom. The lowest BCUT2D eigenvalue weighted by molar-refractivity contribution is -0.385. The highest BCUT2D eigenvalue weighted by Gasteiger charge is 2.27. The molecule has 0 spiro atoms. The lowest BCUT2D eigenvalue weighted by Crippen LogP contribution is -2.13. The zero-order valence-electron chi connectivity index (χ0n) is 7.77. The Bertz CT molecular complexity index is 365. The van der Waals surface area contributed by atoms with Crippen molar-refractivity contribution in [2.24, 2.45) is 0 Å². The summed E-state index contributed by atoms with van der Waals surface area (Å²) in [6, 6.07) is -0.324. The standard InChI is InChI=1S/C7H6F3N3O3/c8-7(9,10)1-2-16-6-11-3-5(4-12-6)13(14)15/h3-4H,1-2H2. The molecular formula is C7H6F3N3O3. The number of alkyl halides is 3. The Morgan fingerprint density at radius 1 is 1.38 bits per heavy atom. The molecule has 0 radical (unpaired) electrons. The lowest BCUT2D eigenvalue weighted by Gasteiger charge is -2.06. The molecule has 0 aliphatic rings. The number of nitro groups is 1. The van der Waals surface area contributed by atoms with E-state index >= 15 is 0 Å². The highest BCUT2D eigenvalue weighted by atomic mass is 19.4. The first kappa shape index (κ1) is 12.1. The molecule has 16 heavy (non-hydrogen) atoms. The van der Waals surface area contributed by atoms with Crippen LogP contribution < -0.4 is 4.74 Å². The summed E-state index contributed by atoms with van der Waals surface area (Å²) in [7, 11) is 0. The average Bonchev–Trinajstić information content (AvgIpc) is 2.16. The first-order valence-corrected chi connectivity index (χ1v) is 4.04. The minimum atomic E-state index is -4.32. The molecule has 0 unspecified atom stereocenters. The molecule has 0 aliphatic carbocycles. The summed E-state index contributed by atoms with van der Waals surface area (Å²) in [5, 5.41) is 10.2. The fraction of sp³-hybridized carbons (Fsp3) is 0.429. The molecule has 88 valence electrons. The smallest absolute Gasteiger partial charge is 0.392 e. The van der Waals surface area contributed by atoms with Crippen molar-refractivity contribution in [2.75, 3.05) is 6.61 Å². The van der Waals surface area contributed by atoms with Gasteiger partial charge in [-0.25, -0.2) is 0 Å². The van der Waals surface area contributed by atoms with E-state index in [0.29, 0.717) is 0 Å². The number of hydrogen-bond acceptors (Lipinski definition) is 5. The predicted molar refractivity (Wildman–Crippen MR) is 44.9 cm³/mol. The van der Waals surface area contributed by atoms with E-state index in [-0.39, 0.29) is 11.7 Å². The van der Waals surface area contributed by atoms with Crippen molar-refractivity contribution in [1.82, 2.24) is 9.97 Å². The van der Waals surface area contributed by atoms with Crippen LogP contribution in [0, 0.1) is 10.1 Å². The molecule has 0 amide bonds. The van der Waals surface area contributed by atoms with Gasteiger partial charge in [0.2, 0.25) is 0 Å². The average molecular weight is 237 g/mol. The normalized spacial score (nSPS) is 11.2. The van der Waals surface area contributed by atoms with Gasteiger partial charge < -0.3 is 4.74 Å². The molecule has 1 aromatic heterocycles. The van der Waals surface area contributed by atoms with Crippen molar-refractivity contribution in [3.05, 3.63) is 22.5 Å². The summed E-state index contributed by atoms with van der Waals surface area (Å²) >= 11 is 0. The Kier molecular flexibility index (Phi) is 3.59. The minimum Gasteiger partial charge on any atom is -0.463 e.